The van der Waals surface area contributed by atoms with Gasteiger partial charge < -0.3 is 21.3 Å². The zero-order valence-corrected chi connectivity index (χ0v) is 18.5. The molecule has 0 aromatic heterocycles. The van der Waals surface area contributed by atoms with Crippen LogP contribution in [-0.4, -0.2) is 32.7 Å². The first-order chi connectivity index (χ1) is 15.6. The number of hydrogen-bond donors (Lipinski definition) is 3. The number of fused-ring (bicyclic) bond motifs is 6. The highest BCUT2D eigenvalue weighted by Gasteiger charge is 2.60. The van der Waals surface area contributed by atoms with Gasteiger partial charge in [-0.25, -0.2) is 14.8 Å². The quantitative estimate of drug-likeness (QED) is 0.478. The molecule has 0 atom stereocenters. The van der Waals surface area contributed by atoms with Crippen LogP contribution in [0, 0.1) is 0 Å². The van der Waals surface area contributed by atoms with Gasteiger partial charge in [0.15, 0.2) is 0 Å². The van der Waals surface area contributed by atoms with Crippen LogP contribution in [0.3, 0.4) is 0 Å². The van der Waals surface area contributed by atoms with Crippen molar-refractivity contribution in [3.63, 3.8) is 0 Å². The third-order valence-electron chi connectivity index (χ3n) is 6.08. The van der Waals surface area contributed by atoms with Crippen LogP contribution in [0.5, 0.6) is 11.5 Å². The topological polar surface area (TPSA) is 122 Å². The fourth-order valence-electron chi connectivity index (χ4n) is 4.91. The van der Waals surface area contributed by atoms with E-state index < -0.39 is 23.1 Å². The van der Waals surface area contributed by atoms with E-state index in [-0.39, 0.29) is 0 Å². The SMILES string of the molecule is CC(C)(C)N(C(=O)O)N1C(=O)c2ccccc2C12c1ccc(N)cc1Oc1cc(N)ccc12. The number of hydrogen-bond acceptors (Lipinski definition) is 5. The van der Waals surface area contributed by atoms with Crippen LogP contribution in [0.1, 0.15) is 47.8 Å². The van der Waals surface area contributed by atoms with E-state index in [0.29, 0.717) is 45.1 Å². The van der Waals surface area contributed by atoms with Gasteiger partial charge in [-0.3, -0.25) is 4.79 Å². The molecule has 0 saturated carbocycles. The molecular formula is C25H24N4O4. The molecule has 8 heteroatoms. The van der Waals surface area contributed by atoms with Gasteiger partial charge in [0.25, 0.3) is 5.91 Å². The Morgan fingerprint density at radius 3 is 2.00 bits per heavy atom. The lowest BCUT2D eigenvalue weighted by Gasteiger charge is -2.50. The normalized spacial score (nSPS) is 15.5. The van der Waals surface area contributed by atoms with Crippen LogP contribution in [-0.2, 0) is 5.54 Å². The van der Waals surface area contributed by atoms with Crippen LogP contribution in [0.15, 0.2) is 60.7 Å². The smallest absolute Gasteiger partial charge is 0.426 e. The minimum Gasteiger partial charge on any atom is -0.464 e. The Morgan fingerprint density at radius 1 is 0.939 bits per heavy atom. The van der Waals surface area contributed by atoms with Crippen LogP contribution in [0.25, 0.3) is 0 Å². The molecule has 2 aliphatic rings. The van der Waals surface area contributed by atoms with Gasteiger partial charge in [-0.05, 0) is 39.0 Å². The van der Waals surface area contributed by atoms with Crippen molar-refractivity contribution in [2.45, 2.75) is 31.8 Å². The standard InChI is InChI=1S/C25H24N4O4/c1-24(2,3)29(23(31)32)28-22(30)16-6-4-5-7-17(16)25(28)18-10-8-14(26)12-20(18)33-21-13-15(27)9-11-19(21)25/h4-13H,26-27H2,1-3H3,(H,31,32). The van der Waals surface area contributed by atoms with Gasteiger partial charge in [0.2, 0.25) is 0 Å². The molecule has 3 aromatic carbocycles. The summed E-state index contributed by atoms with van der Waals surface area (Å²) in [6, 6.07) is 17.5. The maximum Gasteiger partial charge on any atom is 0.426 e. The van der Waals surface area contributed by atoms with Gasteiger partial charge in [0.1, 0.15) is 17.0 Å². The number of ether oxygens (including phenoxy) is 1. The van der Waals surface area contributed by atoms with E-state index in [1.807, 2.05) is 12.1 Å². The van der Waals surface area contributed by atoms with Crippen LogP contribution < -0.4 is 16.2 Å². The van der Waals surface area contributed by atoms with E-state index in [4.69, 9.17) is 16.2 Å². The van der Waals surface area contributed by atoms with E-state index in [2.05, 4.69) is 0 Å². The Kier molecular flexibility index (Phi) is 4.17. The van der Waals surface area contributed by atoms with Crippen molar-refractivity contribution in [1.29, 1.82) is 0 Å². The molecule has 2 amide bonds. The van der Waals surface area contributed by atoms with Crippen LogP contribution >= 0.6 is 0 Å². The lowest BCUT2D eigenvalue weighted by Crippen LogP contribution is -2.63. The number of anilines is 2. The molecule has 0 aliphatic carbocycles. The summed E-state index contributed by atoms with van der Waals surface area (Å²) in [7, 11) is 0. The van der Waals surface area contributed by atoms with Crippen molar-refractivity contribution in [3.05, 3.63) is 82.9 Å². The number of nitrogens with two attached hydrogens (primary N) is 2. The third-order valence-corrected chi connectivity index (χ3v) is 6.08. The van der Waals surface area contributed by atoms with Crippen molar-refractivity contribution < 1.29 is 19.4 Å². The number of nitrogen functional groups attached to an aromatic ring is 2. The first-order valence-electron chi connectivity index (χ1n) is 10.5. The lowest BCUT2D eigenvalue weighted by molar-refractivity contribution is -0.0783. The highest BCUT2D eigenvalue weighted by Crippen LogP contribution is 2.58. The average molecular weight is 444 g/mol. The number of carbonyl (C=O) groups excluding carboxylic acids is 1. The monoisotopic (exact) mass is 444 g/mol. The highest BCUT2D eigenvalue weighted by molar-refractivity contribution is 6.03. The van der Waals surface area contributed by atoms with E-state index in [1.54, 1.807) is 69.3 Å². The molecule has 5 N–H and O–H groups in total. The van der Waals surface area contributed by atoms with Crippen LogP contribution in [0.2, 0.25) is 0 Å². The fraction of sp³-hybridized carbons (Fsp3) is 0.200. The molecule has 1 spiro atoms. The van der Waals surface area contributed by atoms with Gasteiger partial charge >= 0.3 is 6.09 Å². The molecular weight excluding hydrogens is 420 g/mol. The number of carboxylic acid groups (broad SMARTS) is 1. The Labute approximate surface area is 190 Å². The lowest BCUT2D eigenvalue weighted by atomic mass is 9.75. The summed E-state index contributed by atoms with van der Waals surface area (Å²) >= 11 is 0. The zero-order valence-electron chi connectivity index (χ0n) is 18.5. The number of rotatable bonds is 1. The number of carbonyl (C=O) groups is 2. The second-order valence-corrected chi connectivity index (χ2v) is 9.25. The van der Waals surface area contributed by atoms with Gasteiger partial charge in [0.05, 0.1) is 5.54 Å². The van der Waals surface area contributed by atoms with Crippen molar-refractivity contribution >= 4 is 23.4 Å². The maximum atomic E-state index is 13.9. The van der Waals surface area contributed by atoms with Gasteiger partial charge in [-0.2, -0.15) is 0 Å². The van der Waals surface area contributed by atoms with Crippen molar-refractivity contribution in [1.82, 2.24) is 10.0 Å². The van der Waals surface area contributed by atoms with Crippen LogP contribution in [0.4, 0.5) is 16.2 Å². The number of amides is 2. The second kappa shape index (κ2) is 6.65. The molecule has 0 unspecified atom stereocenters. The number of hydrazine groups is 1. The third kappa shape index (κ3) is 2.70. The van der Waals surface area contributed by atoms with Gasteiger partial charge in [-0.15, -0.1) is 0 Å². The Morgan fingerprint density at radius 2 is 1.48 bits per heavy atom. The minimum atomic E-state index is -1.30. The van der Waals surface area contributed by atoms with Crippen molar-refractivity contribution in [2.75, 3.05) is 11.5 Å². The molecule has 0 bridgehead atoms. The highest BCUT2D eigenvalue weighted by atomic mass is 16.5. The predicted molar refractivity (Wildman–Crippen MR) is 124 cm³/mol. The average Bonchev–Trinajstić information content (AvgIpc) is 2.97. The van der Waals surface area contributed by atoms with E-state index in [9.17, 15) is 14.7 Å². The maximum absolute atomic E-state index is 13.9. The molecule has 33 heavy (non-hydrogen) atoms. The predicted octanol–water partition coefficient (Wildman–Crippen LogP) is 4.40. The fourth-order valence-corrected chi connectivity index (χ4v) is 4.91. The first kappa shape index (κ1) is 20.7. The summed E-state index contributed by atoms with van der Waals surface area (Å²) in [6.07, 6.45) is -1.25. The summed E-state index contributed by atoms with van der Waals surface area (Å²) in [5.74, 6) is 0.444. The van der Waals surface area contributed by atoms with E-state index in [1.165, 1.54) is 5.01 Å². The van der Waals surface area contributed by atoms with Gasteiger partial charge in [-0.1, -0.05) is 30.3 Å². The van der Waals surface area contributed by atoms with E-state index in [0.717, 1.165) is 5.01 Å². The summed E-state index contributed by atoms with van der Waals surface area (Å²) in [5, 5.41) is 12.8. The summed E-state index contributed by atoms with van der Waals surface area (Å²) < 4.78 is 6.19. The van der Waals surface area contributed by atoms with Crippen molar-refractivity contribution in [3.8, 4) is 11.5 Å². The zero-order chi connectivity index (χ0) is 23.7. The van der Waals surface area contributed by atoms with Gasteiger partial charge in [0, 0.05) is 45.8 Å². The molecule has 3 aromatic rings. The Bertz CT molecular complexity index is 1280. The molecule has 0 fully saturated rings. The Balaban J connectivity index is 1.97. The second-order valence-electron chi connectivity index (χ2n) is 9.25. The summed E-state index contributed by atoms with van der Waals surface area (Å²) in [6.45, 7) is 5.24. The van der Waals surface area contributed by atoms with E-state index >= 15 is 0 Å². The summed E-state index contributed by atoms with van der Waals surface area (Å²) in [4.78, 5) is 26.6. The molecule has 2 heterocycles. The molecule has 5 rings (SSSR count). The van der Waals surface area contributed by atoms with Crippen molar-refractivity contribution in [2.24, 2.45) is 0 Å². The Hall–Kier alpha value is -4.20. The minimum absolute atomic E-state index is 0.417. The number of nitrogens with zero attached hydrogens (tertiary/aromatic N) is 2. The molecule has 0 saturated heterocycles. The largest absolute Gasteiger partial charge is 0.464 e. The molecule has 168 valence electrons. The molecule has 2 aliphatic heterocycles. The summed E-state index contributed by atoms with van der Waals surface area (Å²) in [5.41, 5.74) is 13.1. The number of benzene rings is 3. The first-order valence-corrected chi connectivity index (χ1v) is 10.5. The molecule has 8 nitrogen and oxygen atoms in total. The molecule has 0 radical (unpaired) electrons.